The second kappa shape index (κ2) is 10.8. The van der Waals surface area contributed by atoms with Crippen LogP contribution in [-0.2, 0) is 0 Å². The number of amides is 1. The first kappa shape index (κ1) is 25.9. The number of ether oxygens (including phenoxy) is 2. The van der Waals surface area contributed by atoms with E-state index in [4.69, 9.17) is 21.1 Å². The monoisotopic (exact) mass is 511 g/mol. The molecule has 2 N–H and O–H groups in total. The highest BCUT2D eigenvalue weighted by molar-refractivity contribution is 6.31. The average molecular weight is 512 g/mol. The molecule has 7 nitrogen and oxygen atoms in total. The predicted molar refractivity (Wildman–Crippen MR) is 141 cm³/mol. The van der Waals surface area contributed by atoms with Crippen LogP contribution in [-0.4, -0.2) is 45.9 Å². The maximum Gasteiger partial charge on any atom is 0.273 e. The molecule has 0 saturated carbocycles. The smallest absolute Gasteiger partial charge is 0.273 e. The van der Waals surface area contributed by atoms with Crippen LogP contribution in [0.15, 0.2) is 30.3 Å². The number of nitrogens with one attached hydrogen (secondary N) is 1. The quantitative estimate of drug-likeness (QED) is 0.323. The number of phenolic OH excluding ortho intramolecular Hbond substituents is 1. The Hall–Kier alpha value is -3.19. The third-order valence-electron chi connectivity index (χ3n) is 6.40. The number of nitrogens with zero attached hydrogens (tertiary/aromatic N) is 2. The summed E-state index contributed by atoms with van der Waals surface area (Å²) in [6.45, 7) is 11.8. The maximum absolute atomic E-state index is 13.4. The molecule has 1 amide bonds. The minimum atomic E-state index is -0.399. The molecule has 2 heterocycles. The van der Waals surface area contributed by atoms with Gasteiger partial charge in [-0.25, -0.2) is 0 Å². The number of halogens is 1. The molecule has 0 bridgehead atoms. The highest BCUT2D eigenvalue weighted by Gasteiger charge is 2.42. The minimum absolute atomic E-state index is 0.0650. The van der Waals surface area contributed by atoms with Crippen molar-refractivity contribution in [2.45, 2.75) is 53.5 Å². The van der Waals surface area contributed by atoms with Crippen LogP contribution in [0.3, 0.4) is 0 Å². The number of rotatable bonds is 10. The van der Waals surface area contributed by atoms with Crippen LogP contribution in [0.5, 0.6) is 17.2 Å². The molecule has 4 rings (SSSR count). The molecule has 0 radical (unpaired) electrons. The molecule has 1 atom stereocenters. The van der Waals surface area contributed by atoms with Crippen molar-refractivity contribution in [3.05, 3.63) is 57.7 Å². The molecule has 2 aromatic carbocycles. The summed E-state index contributed by atoms with van der Waals surface area (Å²) in [6.07, 6.45) is 1.74. The Morgan fingerprint density at radius 3 is 2.64 bits per heavy atom. The molecule has 0 saturated heterocycles. The number of phenols is 1. The Morgan fingerprint density at radius 2 is 1.94 bits per heavy atom. The largest absolute Gasteiger partial charge is 0.507 e. The standard InChI is InChI=1S/C28H34ClN3O4/c1-6-11-32-27(18-8-9-22(23(14-18)35-7-2)36-12-10-16(3)4)24-25(30-31-26(24)28(32)34)19-15-20(29)17(5)13-21(19)33/h8-9,13-16,27,33H,6-7,10-12H2,1-5H3,(H,30,31). The number of aryl methyl sites for hydroxylation is 1. The second-order valence-corrected chi connectivity index (χ2v) is 9.96. The van der Waals surface area contributed by atoms with Gasteiger partial charge in [0.25, 0.3) is 5.91 Å². The molecule has 1 aliphatic rings. The van der Waals surface area contributed by atoms with E-state index in [1.54, 1.807) is 12.1 Å². The Bertz CT molecular complexity index is 1250. The number of aromatic nitrogens is 2. The highest BCUT2D eigenvalue weighted by Crippen LogP contribution is 2.46. The normalized spacial score (nSPS) is 15.0. The molecule has 0 spiro atoms. The maximum atomic E-state index is 13.4. The van der Waals surface area contributed by atoms with E-state index in [1.807, 2.05) is 43.9 Å². The predicted octanol–water partition coefficient (Wildman–Crippen LogP) is 6.52. The van der Waals surface area contributed by atoms with Crippen LogP contribution in [0, 0.1) is 12.8 Å². The first-order chi connectivity index (χ1) is 17.3. The fourth-order valence-corrected chi connectivity index (χ4v) is 4.73. The number of hydrogen-bond acceptors (Lipinski definition) is 5. The van der Waals surface area contributed by atoms with E-state index in [1.165, 1.54) is 0 Å². The molecule has 1 unspecified atom stereocenters. The molecule has 8 heteroatoms. The zero-order valence-electron chi connectivity index (χ0n) is 21.5. The van der Waals surface area contributed by atoms with Gasteiger partial charge in [-0.3, -0.25) is 9.89 Å². The van der Waals surface area contributed by atoms with E-state index >= 15 is 0 Å². The van der Waals surface area contributed by atoms with Gasteiger partial charge in [0.1, 0.15) is 17.1 Å². The molecule has 36 heavy (non-hydrogen) atoms. The summed E-state index contributed by atoms with van der Waals surface area (Å²) >= 11 is 6.39. The lowest BCUT2D eigenvalue weighted by Crippen LogP contribution is -2.30. The van der Waals surface area contributed by atoms with E-state index in [0.29, 0.717) is 59.1 Å². The van der Waals surface area contributed by atoms with Gasteiger partial charge in [0, 0.05) is 22.7 Å². The van der Waals surface area contributed by atoms with Crippen molar-refractivity contribution in [1.29, 1.82) is 0 Å². The van der Waals surface area contributed by atoms with Gasteiger partial charge in [-0.05, 0) is 68.0 Å². The van der Waals surface area contributed by atoms with E-state index in [-0.39, 0.29) is 11.7 Å². The fourth-order valence-electron chi connectivity index (χ4n) is 4.56. The first-order valence-corrected chi connectivity index (χ1v) is 12.9. The summed E-state index contributed by atoms with van der Waals surface area (Å²) < 4.78 is 12.0. The highest BCUT2D eigenvalue weighted by atomic mass is 35.5. The second-order valence-electron chi connectivity index (χ2n) is 9.55. The van der Waals surface area contributed by atoms with Crippen molar-refractivity contribution < 1.29 is 19.4 Å². The van der Waals surface area contributed by atoms with E-state index in [2.05, 4.69) is 24.0 Å². The molecule has 1 aliphatic heterocycles. The van der Waals surface area contributed by atoms with Crippen molar-refractivity contribution in [3.63, 3.8) is 0 Å². The lowest BCUT2D eigenvalue weighted by atomic mass is 9.95. The molecule has 192 valence electrons. The number of aromatic amines is 1. The van der Waals surface area contributed by atoms with Gasteiger partial charge in [0.2, 0.25) is 0 Å². The molecule has 3 aromatic rings. The van der Waals surface area contributed by atoms with Crippen molar-refractivity contribution in [3.8, 4) is 28.5 Å². The summed E-state index contributed by atoms with van der Waals surface area (Å²) in [5.74, 6) is 1.81. The van der Waals surface area contributed by atoms with Gasteiger partial charge in [-0.1, -0.05) is 38.4 Å². The van der Waals surface area contributed by atoms with Crippen LogP contribution in [0.2, 0.25) is 5.02 Å². The summed E-state index contributed by atoms with van der Waals surface area (Å²) in [4.78, 5) is 15.3. The molecule has 1 aromatic heterocycles. The minimum Gasteiger partial charge on any atom is -0.507 e. The summed E-state index contributed by atoms with van der Waals surface area (Å²) in [5.41, 5.74) is 3.79. The zero-order chi connectivity index (χ0) is 26.0. The topological polar surface area (TPSA) is 87.7 Å². The SMILES string of the molecule is CCCN1C(=O)c2[nH]nc(-c3cc(Cl)c(C)cc3O)c2C1c1ccc(OCCC(C)C)c(OCC)c1. The third-order valence-corrected chi connectivity index (χ3v) is 6.80. The summed E-state index contributed by atoms with van der Waals surface area (Å²) in [7, 11) is 0. The van der Waals surface area contributed by atoms with E-state index in [9.17, 15) is 9.90 Å². The third kappa shape index (κ3) is 4.89. The summed E-state index contributed by atoms with van der Waals surface area (Å²) in [5, 5.41) is 18.6. The van der Waals surface area contributed by atoms with Gasteiger partial charge in [0.05, 0.1) is 19.3 Å². The molecular formula is C28H34ClN3O4. The first-order valence-electron chi connectivity index (χ1n) is 12.5. The van der Waals surface area contributed by atoms with Crippen LogP contribution >= 0.6 is 11.6 Å². The number of fused-ring (bicyclic) bond motifs is 1. The number of carbonyl (C=O) groups excluding carboxylic acids is 1. The molecule has 0 fully saturated rings. The van der Waals surface area contributed by atoms with Crippen molar-refractivity contribution in [2.24, 2.45) is 5.92 Å². The van der Waals surface area contributed by atoms with Crippen molar-refractivity contribution >= 4 is 17.5 Å². The lowest BCUT2D eigenvalue weighted by Gasteiger charge is -2.27. The van der Waals surface area contributed by atoms with Crippen LogP contribution in [0.25, 0.3) is 11.3 Å². The fraction of sp³-hybridized carbons (Fsp3) is 0.429. The van der Waals surface area contributed by atoms with Crippen LogP contribution < -0.4 is 9.47 Å². The Balaban J connectivity index is 1.81. The van der Waals surface area contributed by atoms with Crippen molar-refractivity contribution in [2.75, 3.05) is 19.8 Å². The van der Waals surface area contributed by atoms with Gasteiger partial charge in [-0.2, -0.15) is 5.10 Å². The summed E-state index contributed by atoms with van der Waals surface area (Å²) in [6, 6.07) is 8.75. The number of carbonyl (C=O) groups is 1. The lowest BCUT2D eigenvalue weighted by molar-refractivity contribution is 0.0743. The number of aromatic hydroxyl groups is 1. The van der Waals surface area contributed by atoms with Gasteiger partial charge in [-0.15, -0.1) is 0 Å². The zero-order valence-corrected chi connectivity index (χ0v) is 22.3. The Morgan fingerprint density at radius 1 is 1.17 bits per heavy atom. The van der Waals surface area contributed by atoms with Gasteiger partial charge < -0.3 is 19.5 Å². The molecular weight excluding hydrogens is 478 g/mol. The number of H-pyrrole nitrogens is 1. The number of benzene rings is 2. The van der Waals surface area contributed by atoms with Gasteiger partial charge >= 0.3 is 0 Å². The van der Waals surface area contributed by atoms with Crippen LogP contribution in [0.4, 0.5) is 0 Å². The van der Waals surface area contributed by atoms with Crippen LogP contribution in [0.1, 0.15) is 73.8 Å². The average Bonchev–Trinajstić information content (AvgIpc) is 3.37. The van der Waals surface area contributed by atoms with Crippen molar-refractivity contribution in [1.82, 2.24) is 15.1 Å². The Labute approximate surface area is 217 Å². The van der Waals surface area contributed by atoms with E-state index < -0.39 is 6.04 Å². The van der Waals surface area contributed by atoms with E-state index in [0.717, 1.165) is 29.5 Å². The Kier molecular flexibility index (Phi) is 7.79. The molecule has 0 aliphatic carbocycles. The number of hydrogen-bond donors (Lipinski definition) is 2. The van der Waals surface area contributed by atoms with Gasteiger partial charge in [0.15, 0.2) is 11.5 Å².